The maximum Gasteiger partial charge on any atom is 0.311 e. The third-order valence-corrected chi connectivity index (χ3v) is 3.71. The average molecular weight is 371 g/mol. The number of benzene rings is 2. The minimum atomic E-state index is -0.830. The molecule has 1 aromatic heterocycles. The molecule has 0 radical (unpaired) electrons. The Labute approximate surface area is 152 Å². The van der Waals surface area contributed by atoms with Gasteiger partial charge >= 0.3 is 5.97 Å². The summed E-state index contributed by atoms with van der Waals surface area (Å²) in [6.45, 7) is 1.55. The van der Waals surface area contributed by atoms with Crippen LogP contribution < -0.4 is 0 Å². The second-order valence-corrected chi connectivity index (χ2v) is 5.65. The summed E-state index contributed by atoms with van der Waals surface area (Å²) >= 11 is 0. The second-order valence-electron chi connectivity index (χ2n) is 5.65. The first kappa shape index (κ1) is 18.2. The number of rotatable bonds is 6. The third kappa shape index (κ3) is 4.32. The van der Waals surface area contributed by atoms with Crippen LogP contribution in [0.15, 0.2) is 52.9 Å². The number of hydrogen-bond donors (Lipinski definition) is 0. The molecule has 0 bridgehead atoms. The molecule has 0 amide bonds. The van der Waals surface area contributed by atoms with Gasteiger partial charge in [-0.25, -0.2) is 4.39 Å². The summed E-state index contributed by atoms with van der Waals surface area (Å²) in [5.74, 6) is -0.926. The van der Waals surface area contributed by atoms with Crippen LogP contribution in [0, 0.1) is 15.9 Å². The fourth-order valence-corrected chi connectivity index (χ4v) is 2.33. The second kappa shape index (κ2) is 7.73. The summed E-state index contributed by atoms with van der Waals surface area (Å²) in [5.41, 5.74) is 0.657. The van der Waals surface area contributed by atoms with Crippen molar-refractivity contribution in [2.45, 2.75) is 19.4 Å². The molecule has 1 atom stereocenters. The predicted molar refractivity (Wildman–Crippen MR) is 91.0 cm³/mol. The smallest absolute Gasteiger partial charge is 0.311 e. The van der Waals surface area contributed by atoms with Crippen LogP contribution in [-0.2, 0) is 16.0 Å². The van der Waals surface area contributed by atoms with Gasteiger partial charge in [-0.15, -0.1) is 10.2 Å². The highest BCUT2D eigenvalue weighted by Crippen LogP contribution is 2.24. The molecule has 2 aromatic carbocycles. The summed E-state index contributed by atoms with van der Waals surface area (Å²) in [5, 5.41) is 18.4. The third-order valence-electron chi connectivity index (χ3n) is 3.71. The van der Waals surface area contributed by atoms with Gasteiger partial charge in [0.25, 0.3) is 11.6 Å². The molecule has 3 aromatic rings. The number of ether oxygens (including phenoxy) is 1. The first-order chi connectivity index (χ1) is 12.9. The molecule has 0 unspecified atom stereocenters. The Bertz CT molecular complexity index is 971. The van der Waals surface area contributed by atoms with Gasteiger partial charge in [-0.1, -0.05) is 18.2 Å². The van der Waals surface area contributed by atoms with E-state index in [0.717, 1.165) is 0 Å². The average Bonchev–Trinajstić information content (AvgIpc) is 3.14. The molecule has 138 valence electrons. The van der Waals surface area contributed by atoms with Crippen molar-refractivity contribution < 1.29 is 23.3 Å². The van der Waals surface area contributed by atoms with Crippen LogP contribution in [0.3, 0.4) is 0 Å². The fraction of sp³-hybridized carbons (Fsp3) is 0.167. The van der Waals surface area contributed by atoms with Crippen molar-refractivity contribution in [2.75, 3.05) is 0 Å². The lowest BCUT2D eigenvalue weighted by atomic mass is 10.1. The maximum atomic E-state index is 13.6. The predicted octanol–water partition coefficient (Wildman–Crippen LogP) is 3.63. The van der Waals surface area contributed by atoms with Crippen molar-refractivity contribution >= 4 is 11.7 Å². The number of hydrogen-bond acceptors (Lipinski definition) is 7. The van der Waals surface area contributed by atoms with Crippen LogP contribution in [0.25, 0.3) is 11.5 Å². The highest BCUT2D eigenvalue weighted by molar-refractivity contribution is 5.72. The van der Waals surface area contributed by atoms with Crippen LogP contribution in [0.1, 0.15) is 24.5 Å². The van der Waals surface area contributed by atoms with Crippen molar-refractivity contribution in [2.24, 2.45) is 0 Å². The van der Waals surface area contributed by atoms with Gasteiger partial charge in [0.1, 0.15) is 5.82 Å². The van der Waals surface area contributed by atoms with Crippen LogP contribution >= 0.6 is 0 Å². The molecule has 3 rings (SSSR count). The molecule has 8 nitrogen and oxygen atoms in total. The van der Waals surface area contributed by atoms with Gasteiger partial charge in [0.05, 0.1) is 11.3 Å². The minimum Gasteiger partial charge on any atom is -0.452 e. The van der Waals surface area contributed by atoms with Gasteiger partial charge in [0.2, 0.25) is 5.89 Å². The summed E-state index contributed by atoms with van der Waals surface area (Å²) in [6, 6.07) is 11.5. The molecule has 0 saturated carbocycles. The lowest BCUT2D eigenvalue weighted by Gasteiger charge is -2.09. The molecule has 0 N–H and O–H groups in total. The van der Waals surface area contributed by atoms with E-state index in [9.17, 15) is 19.3 Å². The van der Waals surface area contributed by atoms with Gasteiger partial charge in [0, 0.05) is 17.7 Å². The number of nitrogens with zero attached hydrogens (tertiary/aromatic N) is 3. The molecule has 0 aliphatic carbocycles. The summed E-state index contributed by atoms with van der Waals surface area (Å²) in [6.07, 6.45) is -1.05. The zero-order valence-corrected chi connectivity index (χ0v) is 14.2. The maximum absolute atomic E-state index is 13.6. The zero-order valence-electron chi connectivity index (χ0n) is 14.2. The molecule has 27 heavy (non-hydrogen) atoms. The van der Waals surface area contributed by atoms with E-state index in [1.165, 1.54) is 42.5 Å². The molecule has 0 aliphatic heterocycles. The van der Waals surface area contributed by atoms with Gasteiger partial charge < -0.3 is 9.15 Å². The number of esters is 1. The lowest BCUT2D eigenvalue weighted by Crippen LogP contribution is -2.12. The highest BCUT2D eigenvalue weighted by atomic mass is 19.1. The zero-order chi connectivity index (χ0) is 19.4. The topological polar surface area (TPSA) is 108 Å². The Kier molecular flexibility index (Phi) is 5.20. The molecule has 0 saturated heterocycles. The molecule has 0 aliphatic rings. The molecule has 0 fully saturated rings. The minimum absolute atomic E-state index is 0.0604. The van der Waals surface area contributed by atoms with E-state index in [0.29, 0.717) is 5.56 Å². The van der Waals surface area contributed by atoms with Crippen molar-refractivity contribution in [3.8, 4) is 11.5 Å². The van der Waals surface area contributed by atoms with Crippen LogP contribution in [0.5, 0.6) is 0 Å². The number of nitro benzene ring substituents is 1. The van der Waals surface area contributed by atoms with E-state index in [-0.39, 0.29) is 29.5 Å². The standard InChI is InChI=1S/C18H14FN3O5/c1-11(26-16(23)10-13-4-2-3-5-15(13)19)17-20-21-18(27-17)12-6-8-14(9-7-12)22(24)25/h2-9,11H,10H2,1H3/t11-/m0/s1. The van der Waals surface area contributed by atoms with Crippen LogP contribution in [-0.4, -0.2) is 21.1 Å². The lowest BCUT2D eigenvalue weighted by molar-refractivity contribution is -0.384. The Hall–Kier alpha value is -3.62. The number of carbonyl (C=O) groups is 1. The van der Waals surface area contributed by atoms with Gasteiger partial charge in [-0.2, -0.15) is 0 Å². The van der Waals surface area contributed by atoms with Gasteiger partial charge in [0.15, 0.2) is 6.10 Å². The molecule has 0 spiro atoms. The molecular weight excluding hydrogens is 357 g/mol. The monoisotopic (exact) mass is 371 g/mol. The van der Waals surface area contributed by atoms with Crippen molar-refractivity contribution in [3.05, 3.63) is 75.9 Å². The number of halogens is 1. The van der Waals surface area contributed by atoms with E-state index in [1.54, 1.807) is 13.0 Å². The molecular formula is C18H14FN3O5. The molecule has 1 heterocycles. The number of nitro groups is 1. The Morgan fingerprint density at radius 1 is 1.22 bits per heavy atom. The highest BCUT2D eigenvalue weighted by Gasteiger charge is 2.20. The Morgan fingerprint density at radius 2 is 1.93 bits per heavy atom. The van der Waals surface area contributed by atoms with Crippen molar-refractivity contribution in [1.29, 1.82) is 0 Å². The van der Waals surface area contributed by atoms with E-state index in [1.807, 2.05) is 0 Å². The summed E-state index contributed by atoms with van der Waals surface area (Å²) in [4.78, 5) is 22.1. The van der Waals surface area contributed by atoms with E-state index in [4.69, 9.17) is 9.15 Å². The van der Waals surface area contributed by atoms with E-state index in [2.05, 4.69) is 10.2 Å². The SMILES string of the molecule is C[C@H](OC(=O)Cc1ccccc1F)c1nnc(-c2ccc([N+](=O)[O-])cc2)o1. The summed E-state index contributed by atoms with van der Waals surface area (Å²) < 4.78 is 24.3. The quantitative estimate of drug-likeness (QED) is 0.370. The molecule has 9 heteroatoms. The Morgan fingerprint density at radius 3 is 2.59 bits per heavy atom. The number of non-ortho nitro benzene ring substituents is 1. The Balaban J connectivity index is 1.66. The normalized spacial score (nSPS) is 11.8. The van der Waals surface area contributed by atoms with Crippen LogP contribution in [0.4, 0.5) is 10.1 Å². The fourth-order valence-electron chi connectivity index (χ4n) is 2.33. The van der Waals surface area contributed by atoms with E-state index < -0.39 is 22.8 Å². The number of carbonyl (C=O) groups excluding carboxylic acids is 1. The summed E-state index contributed by atoms with van der Waals surface area (Å²) in [7, 11) is 0. The number of aromatic nitrogens is 2. The van der Waals surface area contributed by atoms with Crippen LogP contribution in [0.2, 0.25) is 0 Å². The van der Waals surface area contributed by atoms with E-state index >= 15 is 0 Å². The first-order valence-corrected chi connectivity index (χ1v) is 7.95. The largest absolute Gasteiger partial charge is 0.452 e. The van der Waals surface area contributed by atoms with Gasteiger partial charge in [-0.05, 0) is 30.7 Å². The van der Waals surface area contributed by atoms with Crippen molar-refractivity contribution in [1.82, 2.24) is 10.2 Å². The van der Waals surface area contributed by atoms with Gasteiger partial charge in [-0.3, -0.25) is 14.9 Å². The van der Waals surface area contributed by atoms with Crippen molar-refractivity contribution in [3.63, 3.8) is 0 Å². The first-order valence-electron chi connectivity index (χ1n) is 7.95.